The molecule has 0 saturated carbocycles. The van der Waals surface area contributed by atoms with E-state index < -0.39 is 22.9 Å². The van der Waals surface area contributed by atoms with Crippen molar-refractivity contribution in [3.05, 3.63) is 50.5 Å². The summed E-state index contributed by atoms with van der Waals surface area (Å²) in [6.45, 7) is 3.34. The highest BCUT2D eigenvalue weighted by molar-refractivity contribution is 5.78. The van der Waals surface area contributed by atoms with Crippen molar-refractivity contribution in [3.8, 4) is 0 Å². The van der Waals surface area contributed by atoms with E-state index in [2.05, 4.69) is 15.3 Å². The van der Waals surface area contributed by atoms with Crippen LogP contribution in [0, 0.1) is 6.54 Å². The Bertz CT molecular complexity index is 746. The third-order valence-electron chi connectivity index (χ3n) is 2.74. The molecule has 8 heteroatoms. The summed E-state index contributed by atoms with van der Waals surface area (Å²) in [5.74, 6) is 0. The summed E-state index contributed by atoms with van der Waals surface area (Å²) in [7, 11) is 0. The third kappa shape index (κ3) is 2.74. The van der Waals surface area contributed by atoms with Crippen LogP contribution in [-0.4, -0.2) is 9.97 Å². The molecule has 1 aromatic carbocycles. The molecule has 0 aliphatic rings. The van der Waals surface area contributed by atoms with Crippen LogP contribution in [0.15, 0.2) is 21.7 Å². The average Bonchev–Trinajstić information content (AvgIpc) is 2.36. The SMILES string of the molecule is C[CH]NCc1cc(C(F)(F)F)cc2[nH]c(=O)c(=O)[nH]c12. The molecule has 0 bridgehead atoms. The molecule has 3 N–H and O–H groups in total. The van der Waals surface area contributed by atoms with E-state index in [-0.39, 0.29) is 23.1 Å². The van der Waals surface area contributed by atoms with Gasteiger partial charge in [-0.1, -0.05) is 0 Å². The summed E-state index contributed by atoms with van der Waals surface area (Å²) in [4.78, 5) is 27.0. The average molecular weight is 286 g/mol. The Labute approximate surface area is 110 Å². The van der Waals surface area contributed by atoms with E-state index in [1.807, 2.05) is 0 Å². The Kier molecular flexibility index (Phi) is 3.67. The predicted molar refractivity (Wildman–Crippen MR) is 67.0 cm³/mol. The van der Waals surface area contributed by atoms with Gasteiger partial charge in [0.15, 0.2) is 0 Å². The molecule has 0 atom stereocenters. The van der Waals surface area contributed by atoms with Crippen molar-refractivity contribution in [2.75, 3.05) is 0 Å². The maximum atomic E-state index is 12.8. The molecule has 2 aromatic rings. The number of rotatable bonds is 3. The van der Waals surface area contributed by atoms with Crippen molar-refractivity contribution in [1.82, 2.24) is 15.3 Å². The van der Waals surface area contributed by atoms with Crippen LogP contribution >= 0.6 is 0 Å². The molecular formula is C12H11F3N3O2. The Morgan fingerprint density at radius 3 is 2.45 bits per heavy atom. The van der Waals surface area contributed by atoms with E-state index in [9.17, 15) is 22.8 Å². The Balaban J connectivity index is 2.74. The summed E-state index contributed by atoms with van der Waals surface area (Å²) >= 11 is 0. The van der Waals surface area contributed by atoms with Crippen LogP contribution in [0.2, 0.25) is 0 Å². The highest BCUT2D eigenvalue weighted by Gasteiger charge is 2.31. The first-order chi connectivity index (χ1) is 9.32. The van der Waals surface area contributed by atoms with Crippen LogP contribution < -0.4 is 16.4 Å². The van der Waals surface area contributed by atoms with Gasteiger partial charge in [0.1, 0.15) is 0 Å². The fourth-order valence-electron chi connectivity index (χ4n) is 1.81. The summed E-state index contributed by atoms with van der Waals surface area (Å²) in [6, 6.07) is 1.74. The third-order valence-corrected chi connectivity index (χ3v) is 2.74. The normalized spacial score (nSPS) is 12.0. The fourth-order valence-corrected chi connectivity index (χ4v) is 1.81. The van der Waals surface area contributed by atoms with Crippen molar-refractivity contribution >= 4 is 11.0 Å². The Hall–Kier alpha value is -2.09. The zero-order valence-electron chi connectivity index (χ0n) is 10.4. The number of nitrogens with one attached hydrogen (secondary N) is 3. The van der Waals surface area contributed by atoms with Gasteiger partial charge in [-0.2, -0.15) is 13.2 Å². The van der Waals surface area contributed by atoms with Crippen molar-refractivity contribution in [1.29, 1.82) is 0 Å². The van der Waals surface area contributed by atoms with Crippen LogP contribution in [-0.2, 0) is 12.7 Å². The molecule has 0 amide bonds. The molecule has 0 saturated heterocycles. The molecule has 1 heterocycles. The highest BCUT2D eigenvalue weighted by Crippen LogP contribution is 2.31. The molecule has 20 heavy (non-hydrogen) atoms. The quantitative estimate of drug-likeness (QED) is 0.748. The minimum atomic E-state index is -4.54. The minimum Gasteiger partial charge on any atom is -0.316 e. The molecule has 5 nitrogen and oxygen atoms in total. The standard InChI is InChI=1S/C12H11F3N3O2/c1-2-16-5-6-3-7(12(13,14)15)4-8-9(6)18-11(20)10(19)17-8/h2-4,16H,5H2,1H3,(H,17,19)(H,18,20). The smallest absolute Gasteiger partial charge is 0.316 e. The number of benzene rings is 1. The van der Waals surface area contributed by atoms with Gasteiger partial charge in [-0.15, -0.1) is 0 Å². The first-order valence-electron chi connectivity index (χ1n) is 5.70. The molecule has 0 spiro atoms. The lowest BCUT2D eigenvalue weighted by Crippen LogP contribution is -2.29. The molecular weight excluding hydrogens is 275 g/mol. The number of alkyl halides is 3. The van der Waals surface area contributed by atoms with Gasteiger partial charge in [-0.3, -0.25) is 9.59 Å². The van der Waals surface area contributed by atoms with Crippen LogP contribution in [0.4, 0.5) is 13.2 Å². The van der Waals surface area contributed by atoms with E-state index in [0.717, 1.165) is 12.1 Å². The zero-order valence-corrected chi connectivity index (χ0v) is 10.4. The second-order valence-electron chi connectivity index (χ2n) is 4.13. The largest absolute Gasteiger partial charge is 0.416 e. The van der Waals surface area contributed by atoms with Gasteiger partial charge < -0.3 is 15.3 Å². The fraction of sp³-hybridized carbons (Fsp3) is 0.250. The first kappa shape index (κ1) is 14.3. The van der Waals surface area contributed by atoms with E-state index in [1.54, 1.807) is 13.5 Å². The van der Waals surface area contributed by atoms with E-state index in [1.165, 1.54) is 0 Å². The van der Waals surface area contributed by atoms with E-state index in [0.29, 0.717) is 0 Å². The van der Waals surface area contributed by atoms with Crippen molar-refractivity contribution in [3.63, 3.8) is 0 Å². The van der Waals surface area contributed by atoms with E-state index >= 15 is 0 Å². The van der Waals surface area contributed by atoms with Gasteiger partial charge in [0.05, 0.1) is 16.6 Å². The lowest BCUT2D eigenvalue weighted by molar-refractivity contribution is -0.137. The maximum absolute atomic E-state index is 12.8. The van der Waals surface area contributed by atoms with Crippen molar-refractivity contribution in [2.24, 2.45) is 0 Å². The second-order valence-corrected chi connectivity index (χ2v) is 4.13. The molecule has 0 unspecified atom stereocenters. The number of hydrogen-bond acceptors (Lipinski definition) is 3. The van der Waals surface area contributed by atoms with Gasteiger partial charge in [-0.05, 0) is 24.6 Å². The molecule has 1 aromatic heterocycles. The van der Waals surface area contributed by atoms with Gasteiger partial charge in [0, 0.05) is 13.1 Å². The van der Waals surface area contributed by atoms with E-state index in [4.69, 9.17) is 0 Å². The van der Waals surface area contributed by atoms with Crippen LogP contribution in [0.25, 0.3) is 11.0 Å². The number of H-pyrrole nitrogens is 2. The number of fused-ring (bicyclic) bond motifs is 1. The minimum absolute atomic E-state index is 0.0580. The predicted octanol–water partition coefficient (Wildman–Crippen LogP) is 1.51. The van der Waals surface area contributed by atoms with Gasteiger partial charge in [0.25, 0.3) is 0 Å². The van der Waals surface area contributed by atoms with Gasteiger partial charge in [0.2, 0.25) is 0 Å². The summed E-state index contributed by atoms with van der Waals surface area (Å²) in [5, 5.41) is 2.76. The lowest BCUT2D eigenvalue weighted by atomic mass is 10.1. The summed E-state index contributed by atoms with van der Waals surface area (Å²) in [6.07, 6.45) is -4.54. The van der Waals surface area contributed by atoms with Crippen LogP contribution in [0.1, 0.15) is 18.1 Å². The number of halogens is 3. The molecule has 107 valence electrons. The number of aromatic amines is 2. The van der Waals surface area contributed by atoms with Crippen molar-refractivity contribution < 1.29 is 13.2 Å². The topological polar surface area (TPSA) is 77.8 Å². The summed E-state index contributed by atoms with van der Waals surface area (Å²) < 4.78 is 38.4. The molecule has 1 radical (unpaired) electrons. The summed E-state index contributed by atoms with van der Waals surface area (Å²) in [5.41, 5.74) is -2.42. The van der Waals surface area contributed by atoms with Gasteiger partial charge in [-0.25, -0.2) is 0 Å². The maximum Gasteiger partial charge on any atom is 0.416 e. The monoisotopic (exact) mass is 286 g/mol. The Morgan fingerprint density at radius 2 is 1.85 bits per heavy atom. The number of aromatic nitrogens is 2. The van der Waals surface area contributed by atoms with Crippen LogP contribution in [0.3, 0.4) is 0 Å². The molecule has 2 rings (SSSR count). The molecule has 0 aliphatic heterocycles. The Morgan fingerprint density at radius 1 is 1.20 bits per heavy atom. The highest BCUT2D eigenvalue weighted by atomic mass is 19.4. The van der Waals surface area contributed by atoms with Crippen molar-refractivity contribution in [2.45, 2.75) is 19.6 Å². The first-order valence-corrected chi connectivity index (χ1v) is 5.70. The zero-order chi connectivity index (χ0) is 14.9. The van der Waals surface area contributed by atoms with Crippen LogP contribution in [0.5, 0.6) is 0 Å². The lowest BCUT2D eigenvalue weighted by Gasteiger charge is -2.12. The second kappa shape index (κ2) is 5.12. The molecule has 0 fully saturated rings. The number of hydrogen-bond donors (Lipinski definition) is 3. The van der Waals surface area contributed by atoms with Gasteiger partial charge >= 0.3 is 17.3 Å². The molecule has 0 aliphatic carbocycles.